The van der Waals surface area contributed by atoms with Crippen LogP contribution in [0.3, 0.4) is 0 Å². The van der Waals surface area contributed by atoms with Crippen LogP contribution in [0.15, 0.2) is 11.1 Å². The quantitative estimate of drug-likeness (QED) is 0.406. The first-order valence-corrected chi connectivity index (χ1v) is 4.59. The van der Waals surface area contributed by atoms with Crippen molar-refractivity contribution in [1.82, 2.24) is 0 Å². The van der Waals surface area contributed by atoms with Crippen molar-refractivity contribution in [3.05, 3.63) is 11.1 Å². The SMILES string of the molecule is CC(=O)OC(=O)C(C)=C(CC(=O)O)CC(=O)O. The number of carboxylic acid groups (broad SMARTS) is 2. The molecule has 0 aromatic heterocycles. The van der Waals surface area contributed by atoms with Gasteiger partial charge in [0.1, 0.15) is 0 Å². The Balaban J connectivity index is 5.06. The average molecular weight is 244 g/mol. The van der Waals surface area contributed by atoms with Crippen LogP contribution in [0.1, 0.15) is 26.7 Å². The molecule has 0 aliphatic rings. The first kappa shape index (κ1) is 14.8. The Labute approximate surface area is 96.7 Å². The van der Waals surface area contributed by atoms with Gasteiger partial charge in [0.25, 0.3) is 0 Å². The number of rotatable bonds is 5. The molecule has 0 heterocycles. The predicted molar refractivity (Wildman–Crippen MR) is 54.0 cm³/mol. The van der Waals surface area contributed by atoms with Crippen LogP contribution in [0.5, 0.6) is 0 Å². The molecule has 0 unspecified atom stereocenters. The molecule has 7 heteroatoms. The van der Waals surface area contributed by atoms with Gasteiger partial charge in [-0.25, -0.2) is 4.79 Å². The zero-order valence-electron chi connectivity index (χ0n) is 9.35. The molecule has 0 aliphatic carbocycles. The minimum atomic E-state index is -1.27. The second-order valence-electron chi connectivity index (χ2n) is 3.25. The molecule has 0 atom stereocenters. The van der Waals surface area contributed by atoms with Gasteiger partial charge in [0.15, 0.2) is 0 Å². The van der Waals surface area contributed by atoms with Crippen molar-refractivity contribution >= 4 is 23.9 Å². The van der Waals surface area contributed by atoms with Crippen LogP contribution in [0.25, 0.3) is 0 Å². The second kappa shape index (κ2) is 6.41. The van der Waals surface area contributed by atoms with E-state index in [1.807, 2.05) is 0 Å². The standard InChI is InChI=1S/C10H12O7/c1-5(10(16)17-6(2)11)7(3-8(12)13)4-9(14)15/h3-4H2,1-2H3,(H,12,13)(H,14,15). The maximum Gasteiger partial charge on any atom is 0.341 e. The lowest BCUT2D eigenvalue weighted by atomic mass is 10.0. The monoisotopic (exact) mass is 244 g/mol. The summed E-state index contributed by atoms with van der Waals surface area (Å²) in [5.74, 6) is -4.42. The molecule has 0 spiro atoms. The summed E-state index contributed by atoms with van der Waals surface area (Å²) in [4.78, 5) is 42.8. The van der Waals surface area contributed by atoms with Crippen molar-refractivity contribution in [3.63, 3.8) is 0 Å². The van der Waals surface area contributed by atoms with Crippen LogP contribution >= 0.6 is 0 Å². The van der Waals surface area contributed by atoms with E-state index >= 15 is 0 Å². The van der Waals surface area contributed by atoms with Gasteiger partial charge in [-0.15, -0.1) is 0 Å². The highest BCUT2D eigenvalue weighted by Crippen LogP contribution is 2.15. The maximum absolute atomic E-state index is 11.3. The molecule has 0 saturated carbocycles. The molecule has 0 amide bonds. The molecule has 7 nitrogen and oxygen atoms in total. The van der Waals surface area contributed by atoms with Gasteiger partial charge in [-0.2, -0.15) is 0 Å². The highest BCUT2D eigenvalue weighted by atomic mass is 16.6. The summed E-state index contributed by atoms with van der Waals surface area (Å²) in [5.41, 5.74) is -0.277. The lowest BCUT2D eigenvalue weighted by molar-refractivity contribution is -0.155. The van der Waals surface area contributed by atoms with Gasteiger partial charge >= 0.3 is 23.9 Å². The Hall–Kier alpha value is -2.18. The Morgan fingerprint density at radius 2 is 1.35 bits per heavy atom. The van der Waals surface area contributed by atoms with Gasteiger partial charge in [0.05, 0.1) is 12.8 Å². The predicted octanol–water partition coefficient (Wildman–Crippen LogP) is 0.342. The second-order valence-corrected chi connectivity index (χ2v) is 3.25. The zero-order chi connectivity index (χ0) is 13.6. The fourth-order valence-corrected chi connectivity index (χ4v) is 1.04. The van der Waals surface area contributed by atoms with Crippen LogP contribution in [0.4, 0.5) is 0 Å². The van der Waals surface area contributed by atoms with Crippen LogP contribution in [0, 0.1) is 0 Å². The fourth-order valence-electron chi connectivity index (χ4n) is 1.04. The van der Waals surface area contributed by atoms with Gasteiger partial charge in [-0.1, -0.05) is 0 Å². The topological polar surface area (TPSA) is 118 Å². The smallest absolute Gasteiger partial charge is 0.341 e. The van der Waals surface area contributed by atoms with Gasteiger partial charge in [-0.3, -0.25) is 14.4 Å². The molecule has 0 saturated heterocycles. The van der Waals surface area contributed by atoms with E-state index in [1.54, 1.807) is 0 Å². The number of hydrogen-bond donors (Lipinski definition) is 2. The van der Waals surface area contributed by atoms with Gasteiger partial charge in [0.2, 0.25) is 0 Å². The fraction of sp³-hybridized carbons (Fsp3) is 0.400. The third-order valence-electron chi connectivity index (χ3n) is 1.80. The molecule has 0 aromatic rings. The van der Waals surface area contributed by atoms with Crippen LogP contribution in [-0.2, 0) is 23.9 Å². The van der Waals surface area contributed by atoms with Crippen molar-refractivity contribution in [2.75, 3.05) is 0 Å². The van der Waals surface area contributed by atoms with E-state index in [1.165, 1.54) is 6.92 Å². The summed E-state index contributed by atoms with van der Waals surface area (Å²) in [6, 6.07) is 0. The summed E-state index contributed by atoms with van der Waals surface area (Å²) in [6.45, 7) is 2.23. The van der Waals surface area contributed by atoms with Crippen LogP contribution < -0.4 is 0 Å². The first-order valence-electron chi connectivity index (χ1n) is 4.59. The van der Waals surface area contributed by atoms with Gasteiger partial charge in [-0.05, 0) is 12.5 Å². The van der Waals surface area contributed by atoms with Crippen LogP contribution in [-0.4, -0.2) is 34.1 Å². The van der Waals surface area contributed by atoms with Crippen molar-refractivity contribution in [2.24, 2.45) is 0 Å². The number of carbonyl (C=O) groups is 4. The lowest BCUT2D eigenvalue weighted by Crippen LogP contribution is -2.14. The Morgan fingerprint density at radius 3 is 1.65 bits per heavy atom. The normalized spacial score (nSPS) is 9.29. The summed E-state index contributed by atoms with van der Waals surface area (Å²) < 4.78 is 4.23. The Kier molecular flexibility index (Phi) is 5.59. The van der Waals surface area contributed by atoms with E-state index in [2.05, 4.69) is 4.74 Å². The number of carbonyl (C=O) groups excluding carboxylic acids is 2. The minimum absolute atomic E-state index is 0.101. The number of carboxylic acids is 2. The molecule has 0 bridgehead atoms. The molecule has 17 heavy (non-hydrogen) atoms. The van der Waals surface area contributed by atoms with Gasteiger partial charge in [0, 0.05) is 12.5 Å². The third kappa shape index (κ3) is 6.08. The van der Waals surface area contributed by atoms with E-state index < -0.39 is 36.7 Å². The van der Waals surface area contributed by atoms with E-state index in [0.717, 1.165) is 6.92 Å². The number of esters is 2. The first-order chi connectivity index (χ1) is 7.73. The molecular formula is C10H12O7. The van der Waals surface area contributed by atoms with Crippen molar-refractivity contribution < 1.29 is 34.1 Å². The molecule has 0 fully saturated rings. The zero-order valence-corrected chi connectivity index (χ0v) is 9.35. The Bertz CT molecular complexity index is 373. The highest BCUT2D eigenvalue weighted by Gasteiger charge is 2.18. The largest absolute Gasteiger partial charge is 0.481 e. The molecule has 0 rings (SSSR count). The van der Waals surface area contributed by atoms with E-state index in [4.69, 9.17) is 10.2 Å². The molecule has 0 radical (unpaired) electrons. The molecule has 94 valence electrons. The highest BCUT2D eigenvalue weighted by molar-refractivity contribution is 5.97. The molecule has 0 aromatic carbocycles. The summed E-state index contributed by atoms with van der Waals surface area (Å²) in [6.07, 6.45) is -1.18. The number of hydrogen-bond acceptors (Lipinski definition) is 5. The van der Waals surface area contributed by atoms with Crippen molar-refractivity contribution in [2.45, 2.75) is 26.7 Å². The average Bonchev–Trinajstić information content (AvgIpc) is 2.12. The number of ether oxygens (including phenoxy) is 1. The number of aliphatic carboxylic acids is 2. The Morgan fingerprint density at radius 1 is 0.941 bits per heavy atom. The van der Waals surface area contributed by atoms with Crippen molar-refractivity contribution in [3.8, 4) is 0 Å². The van der Waals surface area contributed by atoms with Gasteiger partial charge < -0.3 is 14.9 Å². The maximum atomic E-state index is 11.3. The van der Waals surface area contributed by atoms with Crippen LogP contribution in [0.2, 0.25) is 0 Å². The molecular weight excluding hydrogens is 232 g/mol. The molecule has 0 aliphatic heterocycles. The van der Waals surface area contributed by atoms with E-state index in [9.17, 15) is 19.2 Å². The summed E-state index contributed by atoms with van der Waals surface area (Å²) in [5, 5.41) is 17.1. The third-order valence-corrected chi connectivity index (χ3v) is 1.80. The van der Waals surface area contributed by atoms with E-state index in [-0.39, 0.29) is 11.1 Å². The molecule has 2 N–H and O–H groups in total. The summed E-state index contributed by atoms with van der Waals surface area (Å²) >= 11 is 0. The summed E-state index contributed by atoms with van der Waals surface area (Å²) in [7, 11) is 0. The lowest BCUT2D eigenvalue weighted by Gasteiger charge is -2.06. The van der Waals surface area contributed by atoms with E-state index in [0.29, 0.717) is 0 Å². The van der Waals surface area contributed by atoms with Crippen molar-refractivity contribution in [1.29, 1.82) is 0 Å². The minimum Gasteiger partial charge on any atom is -0.481 e.